The van der Waals surface area contributed by atoms with Crippen molar-refractivity contribution in [3.05, 3.63) is 83.9 Å². The average Bonchev–Trinajstić information content (AvgIpc) is 3.50. The Labute approximate surface area is 255 Å². The van der Waals surface area contributed by atoms with Gasteiger partial charge in [-0.1, -0.05) is 59.1 Å². The molecule has 2 fully saturated rings. The van der Waals surface area contributed by atoms with E-state index in [0.29, 0.717) is 42.7 Å². The van der Waals surface area contributed by atoms with E-state index in [0.717, 1.165) is 15.0 Å². The number of benzene rings is 2. The number of imidazole rings is 1. The first-order valence-electron chi connectivity index (χ1n) is 13.3. The summed E-state index contributed by atoms with van der Waals surface area (Å²) in [4.78, 5) is 62.2. The average molecular weight is 631 g/mol. The Morgan fingerprint density at radius 3 is 2.26 bits per heavy atom. The maximum Gasteiger partial charge on any atom is 0.332 e. The molecule has 2 aromatic heterocycles. The van der Waals surface area contributed by atoms with Crippen molar-refractivity contribution in [2.75, 3.05) is 36.0 Å². The van der Waals surface area contributed by atoms with E-state index in [2.05, 4.69) is 0 Å². The second-order valence-corrected chi connectivity index (χ2v) is 11.5. The van der Waals surface area contributed by atoms with Crippen LogP contribution < -0.4 is 21.0 Å². The first kappa shape index (κ1) is 28.5. The molecule has 1 unspecified atom stereocenters. The van der Waals surface area contributed by atoms with Crippen LogP contribution in [0.5, 0.6) is 0 Å². The third-order valence-electron chi connectivity index (χ3n) is 7.95. The molecule has 11 nitrogen and oxygen atoms in total. The van der Waals surface area contributed by atoms with Crippen molar-refractivity contribution in [1.29, 1.82) is 0 Å². The first-order valence-corrected chi connectivity index (χ1v) is 14.4. The highest BCUT2D eigenvalue weighted by Gasteiger charge is 2.44. The predicted octanol–water partition coefficient (Wildman–Crippen LogP) is 2.90. The topological polar surface area (TPSA) is 106 Å². The van der Waals surface area contributed by atoms with Crippen LogP contribution in [0, 0.1) is 0 Å². The van der Waals surface area contributed by atoms with E-state index >= 15 is 0 Å². The molecule has 0 bridgehead atoms. The van der Waals surface area contributed by atoms with Gasteiger partial charge >= 0.3 is 5.69 Å². The summed E-state index contributed by atoms with van der Waals surface area (Å²) in [7, 11) is 3.02. The molecule has 42 heavy (non-hydrogen) atoms. The summed E-state index contributed by atoms with van der Waals surface area (Å²) >= 11 is 18.9. The molecule has 2 amide bonds. The van der Waals surface area contributed by atoms with Gasteiger partial charge in [-0.3, -0.25) is 33.0 Å². The molecule has 2 aromatic carbocycles. The van der Waals surface area contributed by atoms with Gasteiger partial charge in [0.2, 0.25) is 11.9 Å². The Hall–Kier alpha value is -3.64. The van der Waals surface area contributed by atoms with Crippen molar-refractivity contribution in [3.63, 3.8) is 0 Å². The van der Waals surface area contributed by atoms with Gasteiger partial charge in [-0.2, -0.15) is 4.98 Å². The van der Waals surface area contributed by atoms with Gasteiger partial charge < -0.3 is 4.90 Å². The van der Waals surface area contributed by atoms with Crippen LogP contribution in [0.4, 0.5) is 11.6 Å². The molecule has 4 heterocycles. The van der Waals surface area contributed by atoms with Crippen LogP contribution in [0.1, 0.15) is 12.0 Å². The van der Waals surface area contributed by atoms with Crippen LogP contribution in [0.25, 0.3) is 11.2 Å². The van der Waals surface area contributed by atoms with Crippen molar-refractivity contribution in [3.8, 4) is 0 Å². The SMILES string of the molecule is Cn1c(=O)c2c(nc(N3CCN(C4CC(=O)N(c5cccc(Cl)c5Cl)C4=O)CC3)n2Cc2ccccc2Cl)n(C)c1=O. The summed E-state index contributed by atoms with van der Waals surface area (Å²) in [5, 5.41) is 0.966. The number of fused-ring (bicyclic) bond motifs is 1. The molecular weight excluding hydrogens is 605 g/mol. The van der Waals surface area contributed by atoms with Gasteiger partial charge in [0.1, 0.15) is 0 Å². The van der Waals surface area contributed by atoms with Gasteiger partial charge in [0.05, 0.1) is 34.7 Å². The smallest absolute Gasteiger partial charge is 0.332 e. The number of anilines is 2. The second kappa shape index (κ2) is 10.9. The molecular formula is C28H26Cl3N7O4. The number of amides is 2. The summed E-state index contributed by atoms with van der Waals surface area (Å²) in [5.41, 5.74) is 0.720. The predicted molar refractivity (Wildman–Crippen MR) is 162 cm³/mol. The lowest BCUT2D eigenvalue weighted by Crippen LogP contribution is -2.53. The van der Waals surface area contributed by atoms with E-state index in [1.165, 1.54) is 11.6 Å². The van der Waals surface area contributed by atoms with Gasteiger partial charge in [0.25, 0.3) is 11.5 Å². The highest BCUT2D eigenvalue weighted by molar-refractivity contribution is 6.45. The van der Waals surface area contributed by atoms with Crippen LogP contribution in [0.3, 0.4) is 0 Å². The molecule has 0 saturated carbocycles. The van der Waals surface area contributed by atoms with E-state index < -0.39 is 17.3 Å². The molecule has 2 aliphatic rings. The van der Waals surface area contributed by atoms with Crippen LogP contribution in [-0.2, 0) is 30.2 Å². The molecule has 2 saturated heterocycles. The van der Waals surface area contributed by atoms with E-state index in [9.17, 15) is 19.2 Å². The third-order valence-corrected chi connectivity index (χ3v) is 9.12. The lowest BCUT2D eigenvalue weighted by Gasteiger charge is -2.37. The standard InChI is InChI=1S/C28H26Cl3N7O4/c1-33-24-23(26(41)34(2)28(33)42)37(15-16-6-3-4-7-17(16)29)27(32-24)36-12-10-35(11-13-36)20-14-21(39)38(25(20)40)19-9-5-8-18(30)22(19)31/h3-9,20H,10-15H2,1-2H3. The van der Waals surface area contributed by atoms with Gasteiger partial charge in [-0.15, -0.1) is 0 Å². The molecule has 6 rings (SSSR count). The van der Waals surface area contributed by atoms with E-state index in [1.54, 1.807) is 35.9 Å². The minimum atomic E-state index is -0.634. The number of rotatable bonds is 5. The van der Waals surface area contributed by atoms with Crippen LogP contribution in [-0.4, -0.2) is 67.6 Å². The molecule has 1 atom stereocenters. The first-order chi connectivity index (χ1) is 20.1. The number of carbonyl (C=O) groups excluding carboxylic acids is 2. The van der Waals surface area contributed by atoms with Crippen molar-refractivity contribution >= 4 is 69.4 Å². The van der Waals surface area contributed by atoms with Gasteiger partial charge in [-0.05, 0) is 23.8 Å². The summed E-state index contributed by atoms with van der Waals surface area (Å²) in [6.07, 6.45) is 0.0326. The largest absolute Gasteiger partial charge is 0.340 e. The number of nitrogens with zero attached hydrogens (tertiary/aromatic N) is 7. The quantitative estimate of drug-likeness (QED) is 0.312. The van der Waals surface area contributed by atoms with Gasteiger partial charge in [-0.25, -0.2) is 9.69 Å². The fraction of sp³-hybridized carbons (Fsp3) is 0.321. The minimum Gasteiger partial charge on any atom is -0.340 e. The maximum atomic E-state index is 13.4. The van der Waals surface area contributed by atoms with Gasteiger partial charge in [0, 0.05) is 45.3 Å². The van der Waals surface area contributed by atoms with Crippen molar-refractivity contribution in [1.82, 2.24) is 23.6 Å². The summed E-state index contributed by atoms with van der Waals surface area (Å²) in [6, 6.07) is 11.6. The van der Waals surface area contributed by atoms with E-state index in [4.69, 9.17) is 39.8 Å². The number of carbonyl (C=O) groups is 2. The van der Waals surface area contributed by atoms with E-state index in [1.807, 2.05) is 28.0 Å². The van der Waals surface area contributed by atoms with Crippen molar-refractivity contribution < 1.29 is 9.59 Å². The Bertz CT molecular complexity index is 1870. The second-order valence-electron chi connectivity index (χ2n) is 10.4. The number of aryl methyl sites for hydroxylation is 1. The zero-order valence-corrected chi connectivity index (χ0v) is 25.0. The number of piperazine rings is 1. The number of aromatic nitrogens is 4. The monoisotopic (exact) mass is 629 g/mol. The molecule has 0 aliphatic carbocycles. The molecule has 14 heteroatoms. The number of halogens is 3. The van der Waals surface area contributed by atoms with Crippen LogP contribution in [0.2, 0.25) is 15.1 Å². The number of hydrogen-bond donors (Lipinski definition) is 0. The van der Waals surface area contributed by atoms with Crippen molar-refractivity contribution in [2.45, 2.75) is 19.0 Å². The molecule has 2 aliphatic heterocycles. The molecule has 0 spiro atoms. The fourth-order valence-electron chi connectivity index (χ4n) is 5.68. The van der Waals surface area contributed by atoms with Crippen LogP contribution >= 0.6 is 34.8 Å². The lowest BCUT2D eigenvalue weighted by atomic mass is 10.1. The Morgan fingerprint density at radius 2 is 1.55 bits per heavy atom. The maximum absolute atomic E-state index is 13.4. The molecule has 218 valence electrons. The fourth-order valence-corrected chi connectivity index (χ4v) is 6.25. The Kier molecular flexibility index (Phi) is 7.38. The highest BCUT2D eigenvalue weighted by Crippen LogP contribution is 2.36. The molecule has 4 aromatic rings. The Balaban J connectivity index is 1.30. The summed E-state index contributed by atoms with van der Waals surface area (Å²) in [5.74, 6) is -0.166. The molecule has 0 radical (unpaired) electrons. The van der Waals surface area contributed by atoms with Crippen LogP contribution in [0.15, 0.2) is 52.1 Å². The lowest BCUT2D eigenvalue weighted by molar-refractivity contribution is -0.123. The number of hydrogen-bond acceptors (Lipinski definition) is 7. The van der Waals surface area contributed by atoms with Crippen molar-refractivity contribution in [2.24, 2.45) is 14.1 Å². The summed E-state index contributed by atoms with van der Waals surface area (Å²) in [6.45, 7) is 2.14. The number of imide groups is 1. The molecule has 0 N–H and O–H groups in total. The Morgan fingerprint density at radius 1 is 0.857 bits per heavy atom. The normalized spacial score (nSPS) is 18.1. The van der Waals surface area contributed by atoms with Gasteiger partial charge in [0.15, 0.2) is 11.2 Å². The zero-order chi connectivity index (χ0) is 29.9. The van der Waals surface area contributed by atoms with E-state index in [-0.39, 0.29) is 46.2 Å². The zero-order valence-electron chi connectivity index (χ0n) is 22.8. The summed E-state index contributed by atoms with van der Waals surface area (Å²) < 4.78 is 4.22. The third kappa shape index (κ3) is 4.60. The highest BCUT2D eigenvalue weighted by atomic mass is 35.5. The minimum absolute atomic E-state index is 0.0326.